The molecule has 1 aliphatic carbocycles. The third-order valence-corrected chi connectivity index (χ3v) is 6.96. The predicted molar refractivity (Wildman–Crippen MR) is 115 cm³/mol. The van der Waals surface area contributed by atoms with Gasteiger partial charge in [0.25, 0.3) is 5.72 Å². The molecule has 4 nitrogen and oxygen atoms in total. The average molecular weight is 443 g/mol. The maximum Gasteiger partial charge on any atom is 0.439 e. The van der Waals surface area contributed by atoms with Gasteiger partial charge < -0.3 is 5.11 Å². The topological polar surface area (TPSA) is 48.7 Å². The lowest BCUT2D eigenvalue weighted by atomic mass is 9.73. The number of fused-ring (bicyclic) bond motifs is 1. The van der Waals surface area contributed by atoms with Gasteiger partial charge in [0, 0.05) is 16.7 Å². The number of anilines is 1. The van der Waals surface area contributed by atoms with Crippen LogP contribution in [0.15, 0.2) is 71.1 Å². The number of nitrogens with zero attached hydrogens (tertiary/aromatic N) is 3. The molecular formula is C23H20F3N3OS. The second-order valence-corrected chi connectivity index (χ2v) is 8.78. The van der Waals surface area contributed by atoms with Crippen molar-refractivity contribution in [2.24, 2.45) is 11.0 Å². The first-order valence-electron chi connectivity index (χ1n) is 10.1. The van der Waals surface area contributed by atoms with E-state index in [-0.39, 0.29) is 17.5 Å². The van der Waals surface area contributed by atoms with Crippen molar-refractivity contribution in [2.75, 3.05) is 5.01 Å². The van der Waals surface area contributed by atoms with Crippen LogP contribution >= 0.6 is 11.3 Å². The number of hydrogen-bond acceptors (Lipinski definition) is 5. The van der Waals surface area contributed by atoms with E-state index in [1.165, 1.54) is 0 Å². The van der Waals surface area contributed by atoms with Crippen molar-refractivity contribution in [3.63, 3.8) is 0 Å². The summed E-state index contributed by atoms with van der Waals surface area (Å²) in [5, 5.41) is 17.8. The van der Waals surface area contributed by atoms with Crippen LogP contribution in [0.3, 0.4) is 0 Å². The van der Waals surface area contributed by atoms with Crippen molar-refractivity contribution in [1.82, 2.24) is 4.98 Å². The Morgan fingerprint density at radius 3 is 2.39 bits per heavy atom. The highest BCUT2D eigenvalue weighted by molar-refractivity contribution is 7.14. The van der Waals surface area contributed by atoms with Gasteiger partial charge in [-0.2, -0.15) is 23.3 Å². The molecule has 3 atom stereocenters. The number of aromatic nitrogens is 1. The van der Waals surface area contributed by atoms with Crippen molar-refractivity contribution < 1.29 is 18.3 Å². The number of hydrogen-bond donors (Lipinski definition) is 1. The summed E-state index contributed by atoms with van der Waals surface area (Å²) >= 11 is 1.05. The molecule has 1 fully saturated rings. The molecule has 1 aromatic heterocycles. The number of hydrazone groups is 1. The first kappa shape index (κ1) is 20.2. The Morgan fingerprint density at radius 2 is 1.71 bits per heavy atom. The summed E-state index contributed by atoms with van der Waals surface area (Å²) in [6.07, 6.45) is -3.59. The normalized spacial score (nSPS) is 25.9. The Balaban J connectivity index is 1.51. The molecule has 0 radical (unpaired) electrons. The van der Waals surface area contributed by atoms with Gasteiger partial charge >= 0.3 is 6.18 Å². The van der Waals surface area contributed by atoms with E-state index in [0.29, 0.717) is 29.3 Å². The lowest BCUT2D eigenvalue weighted by Gasteiger charge is -2.39. The highest BCUT2D eigenvalue weighted by Crippen LogP contribution is 2.52. The van der Waals surface area contributed by atoms with Gasteiger partial charge in [-0.05, 0) is 30.7 Å². The zero-order valence-corrected chi connectivity index (χ0v) is 17.3. The molecule has 3 aromatic rings. The Morgan fingerprint density at radius 1 is 1.03 bits per heavy atom. The Hall–Kier alpha value is -2.71. The minimum absolute atomic E-state index is 0.0387. The maximum absolute atomic E-state index is 14.3. The maximum atomic E-state index is 14.3. The van der Waals surface area contributed by atoms with Crippen molar-refractivity contribution in [3.05, 3.63) is 71.6 Å². The fourth-order valence-corrected chi connectivity index (χ4v) is 5.38. The molecule has 31 heavy (non-hydrogen) atoms. The lowest BCUT2D eigenvalue weighted by molar-refractivity contribution is -0.269. The third-order valence-electron chi connectivity index (χ3n) is 6.14. The van der Waals surface area contributed by atoms with Crippen LogP contribution in [0.2, 0.25) is 0 Å². The highest BCUT2D eigenvalue weighted by Gasteiger charge is 2.68. The van der Waals surface area contributed by atoms with Crippen molar-refractivity contribution in [3.8, 4) is 11.3 Å². The van der Waals surface area contributed by atoms with Gasteiger partial charge in [-0.15, -0.1) is 11.3 Å². The van der Waals surface area contributed by atoms with E-state index < -0.39 is 17.8 Å². The summed E-state index contributed by atoms with van der Waals surface area (Å²) in [4.78, 5) is 4.38. The molecule has 0 bridgehead atoms. The van der Waals surface area contributed by atoms with E-state index in [2.05, 4.69) is 10.1 Å². The number of alkyl halides is 3. The minimum atomic E-state index is -4.89. The molecule has 2 aromatic carbocycles. The summed E-state index contributed by atoms with van der Waals surface area (Å²) < 4.78 is 43.0. The highest BCUT2D eigenvalue weighted by atomic mass is 32.1. The Labute approximate surface area is 181 Å². The molecule has 160 valence electrons. The lowest BCUT2D eigenvalue weighted by Crippen LogP contribution is -2.60. The van der Waals surface area contributed by atoms with Crippen LogP contribution in [0.5, 0.6) is 0 Å². The predicted octanol–water partition coefficient (Wildman–Crippen LogP) is 5.82. The monoisotopic (exact) mass is 443 g/mol. The largest absolute Gasteiger partial charge is 0.439 e. The van der Waals surface area contributed by atoms with Crippen molar-refractivity contribution in [1.29, 1.82) is 0 Å². The number of benzene rings is 2. The first-order chi connectivity index (χ1) is 14.9. The summed E-state index contributed by atoms with van der Waals surface area (Å²) in [5.74, 6) is -1.19. The Kier molecular flexibility index (Phi) is 4.86. The zero-order valence-electron chi connectivity index (χ0n) is 16.5. The van der Waals surface area contributed by atoms with Gasteiger partial charge in [0.15, 0.2) is 0 Å². The molecule has 0 unspecified atom stereocenters. The molecule has 1 aliphatic heterocycles. The van der Waals surface area contributed by atoms with Crippen LogP contribution in [0.25, 0.3) is 11.3 Å². The van der Waals surface area contributed by atoms with Gasteiger partial charge in [-0.1, -0.05) is 60.7 Å². The molecule has 8 heteroatoms. The van der Waals surface area contributed by atoms with Crippen LogP contribution in [-0.4, -0.2) is 27.7 Å². The van der Waals surface area contributed by atoms with Gasteiger partial charge in [-0.3, -0.25) is 0 Å². The van der Waals surface area contributed by atoms with Crippen molar-refractivity contribution in [2.45, 2.75) is 37.1 Å². The third kappa shape index (κ3) is 3.34. The van der Waals surface area contributed by atoms with Gasteiger partial charge in [0.05, 0.1) is 11.6 Å². The van der Waals surface area contributed by atoms with Crippen LogP contribution in [0.4, 0.5) is 18.3 Å². The van der Waals surface area contributed by atoms with E-state index in [1.54, 1.807) is 5.38 Å². The van der Waals surface area contributed by atoms with Gasteiger partial charge in [-0.25, -0.2) is 4.98 Å². The van der Waals surface area contributed by atoms with Crippen LogP contribution in [-0.2, 0) is 0 Å². The fraction of sp³-hybridized carbons (Fsp3) is 0.304. The minimum Gasteiger partial charge on any atom is -0.362 e. The van der Waals surface area contributed by atoms with Crippen LogP contribution < -0.4 is 5.01 Å². The number of halogens is 3. The van der Waals surface area contributed by atoms with E-state index in [4.69, 9.17) is 0 Å². The fourth-order valence-electron chi connectivity index (χ4n) is 4.54. The Bertz CT molecular complexity index is 1100. The van der Waals surface area contributed by atoms with E-state index in [1.807, 2.05) is 60.7 Å². The second kappa shape index (κ2) is 7.46. The first-order valence-corrected chi connectivity index (χ1v) is 11.0. The molecule has 5 rings (SSSR count). The SMILES string of the molecule is O[C@]1(C(F)(F)F)[C@@H]2C[C@@H](c3ccccc3)CCC2=NN1c1nc(-c2ccccc2)cs1. The average Bonchev–Trinajstić information content (AvgIpc) is 3.38. The van der Waals surface area contributed by atoms with E-state index in [9.17, 15) is 18.3 Å². The summed E-state index contributed by atoms with van der Waals surface area (Å²) in [6.45, 7) is 0. The summed E-state index contributed by atoms with van der Waals surface area (Å²) in [6, 6.07) is 18.7. The molecule has 2 heterocycles. The number of aliphatic hydroxyl groups is 1. The van der Waals surface area contributed by atoms with E-state index in [0.717, 1.165) is 22.5 Å². The van der Waals surface area contributed by atoms with Gasteiger partial charge in [0.2, 0.25) is 5.13 Å². The summed E-state index contributed by atoms with van der Waals surface area (Å²) in [5.41, 5.74) is -0.369. The van der Waals surface area contributed by atoms with Crippen molar-refractivity contribution >= 4 is 22.2 Å². The number of thiazole rings is 1. The second-order valence-electron chi connectivity index (χ2n) is 7.94. The van der Waals surface area contributed by atoms with Crippen LogP contribution in [0, 0.1) is 5.92 Å². The molecule has 1 N–H and O–H groups in total. The molecule has 0 amide bonds. The van der Waals surface area contributed by atoms with E-state index >= 15 is 0 Å². The molecule has 2 aliphatic rings. The van der Waals surface area contributed by atoms with Crippen LogP contribution in [0.1, 0.15) is 30.7 Å². The molecular weight excluding hydrogens is 423 g/mol. The molecule has 0 spiro atoms. The standard InChI is InChI=1S/C23H20F3N3OS/c24-23(25,26)22(30)18-13-17(15-7-3-1-4-8-15)11-12-19(18)28-29(22)21-27-20(14-31-21)16-9-5-2-6-10-16/h1-10,14,17-18,30H,11-13H2/t17-,18+,22-/m0/s1. The van der Waals surface area contributed by atoms with Gasteiger partial charge in [0.1, 0.15) is 0 Å². The quantitative estimate of drug-likeness (QED) is 0.555. The number of rotatable bonds is 3. The molecule has 0 saturated heterocycles. The smallest absolute Gasteiger partial charge is 0.362 e. The summed E-state index contributed by atoms with van der Waals surface area (Å²) in [7, 11) is 0. The zero-order chi connectivity index (χ0) is 21.6. The molecule has 1 saturated carbocycles.